The van der Waals surface area contributed by atoms with Gasteiger partial charge in [-0.1, -0.05) is 30.3 Å². The average molecular weight is 282 g/mol. The number of aliphatic carboxylic acids is 1. The van der Waals surface area contributed by atoms with Gasteiger partial charge in [0.15, 0.2) is 0 Å². The summed E-state index contributed by atoms with van der Waals surface area (Å²) in [7, 11) is 1.33. The van der Waals surface area contributed by atoms with Gasteiger partial charge in [-0.3, -0.25) is 9.80 Å². The normalized spacial score (nSPS) is 11.9. The molecule has 1 N–H and O–H groups in total. The number of carboxylic acids is 1. The Bertz CT molecular complexity index is 542. The minimum absolute atomic E-state index is 0.741. The molecule has 0 aromatic heterocycles. The van der Waals surface area contributed by atoms with Crippen LogP contribution in [-0.2, 0) is 9.59 Å². The summed E-state index contributed by atoms with van der Waals surface area (Å²) in [6, 6.07) is 8.87. The van der Waals surface area contributed by atoms with Crippen LogP contribution >= 0.6 is 0 Å². The van der Waals surface area contributed by atoms with Gasteiger partial charge in [-0.15, -0.1) is 0 Å². The van der Waals surface area contributed by atoms with Crippen molar-refractivity contribution in [2.24, 2.45) is 5.10 Å². The van der Waals surface area contributed by atoms with Gasteiger partial charge in [0.1, 0.15) is 5.57 Å². The number of hydrogen-bond donors (Lipinski definition) is 1. The molecule has 0 atom stereocenters. The van der Waals surface area contributed by atoms with Crippen LogP contribution < -0.4 is 0 Å². The molecule has 0 amide bonds. The number of halogens is 2. The second-order valence-electron chi connectivity index (χ2n) is 3.74. The van der Waals surface area contributed by atoms with Crippen molar-refractivity contribution < 1.29 is 23.5 Å². The first-order valence-electron chi connectivity index (χ1n) is 5.51. The Morgan fingerprint density at radius 1 is 1.30 bits per heavy atom. The van der Waals surface area contributed by atoms with E-state index in [1.807, 2.05) is 6.07 Å². The highest BCUT2D eigenvalue weighted by molar-refractivity contribution is 6.17. The molecule has 0 aliphatic heterocycles. The second kappa shape index (κ2) is 7.13. The van der Waals surface area contributed by atoms with Gasteiger partial charge in [-0.2, -0.15) is 5.10 Å². The lowest BCUT2D eigenvalue weighted by Gasteiger charge is -2.08. The molecule has 0 aliphatic carbocycles. The number of benzene rings is 1. The highest BCUT2D eigenvalue weighted by atomic mass is 19.3. The van der Waals surface area contributed by atoms with Crippen LogP contribution in [0.5, 0.6) is 0 Å². The van der Waals surface area contributed by atoms with E-state index < -0.39 is 23.8 Å². The summed E-state index contributed by atoms with van der Waals surface area (Å²) in [6.07, 6.45) is -1.22. The molecular weight excluding hydrogens is 270 g/mol. The number of carboxylic acid groups (broad SMARTS) is 1. The van der Waals surface area contributed by atoms with Gasteiger partial charge >= 0.3 is 12.4 Å². The third-order valence-corrected chi connectivity index (χ3v) is 2.20. The lowest BCUT2D eigenvalue weighted by atomic mass is 10.2. The zero-order valence-corrected chi connectivity index (χ0v) is 10.5. The lowest BCUT2D eigenvalue weighted by molar-refractivity contribution is -0.137. The van der Waals surface area contributed by atoms with Crippen molar-refractivity contribution in [1.29, 1.82) is 0 Å². The maximum Gasteiger partial charge on any atom is 0.341 e. The van der Waals surface area contributed by atoms with Gasteiger partial charge in [0.25, 0.3) is 0 Å². The van der Waals surface area contributed by atoms with E-state index in [2.05, 4.69) is 5.10 Å². The number of nitrogens with zero attached hydrogens (tertiary/aromatic N) is 2. The van der Waals surface area contributed by atoms with Gasteiger partial charge in [0.2, 0.25) is 5.78 Å². The minimum atomic E-state index is -3.37. The van der Waals surface area contributed by atoms with Crippen molar-refractivity contribution in [3.05, 3.63) is 47.7 Å². The smallest absolute Gasteiger partial charge is 0.341 e. The summed E-state index contributed by atoms with van der Waals surface area (Å²) in [5.74, 6) is -3.48. The molecule has 0 bridgehead atoms. The number of alkyl halides is 2. The Morgan fingerprint density at radius 2 is 1.90 bits per heavy atom. The van der Waals surface area contributed by atoms with Gasteiger partial charge in [0, 0.05) is 13.2 Å². The fourth-order valence-electron chi connectivity index (χ4n) is 1.26. The molecule has 0 heterocycles. The zero-order valence-electron chi connectivity index (χ0n) is 10.5. The number of hydrazone groups is 1. The van der Waals surface area contributed by atoms with Crippen LogP contribution in [0.2, 0.25) is 0 Å². The fourth-order valence-corrected chi connectivity index (χ4v) is 1.26. The van der Waals surface area contributed by atoms with E-state index in [1.54, 1.807) is 24.3 Å². The van der Waals surface area contributed by atoms with Crippen LogP contribution in [0.15, 0.2) is 47.2 Å². The van der Waals surface area contributed by atoms with Gasteiger partial charge in [-0.25, -0.2) is 13.6 Å². The largest absolute Gasteiger partial charge is 0.478 e. The Morgan fingerprint density at radius 3 is 2.40 bits per heavy atom. The molecule has 1 aromatic rings. The molecule has 1 aromatic carbocycles. The van der Waals surface area contributed by atoms with E-state index in [4.69, 9.17) is 5.11 Å². The first-order chi connectivity index (χ1) is 9.41. The van der Waals surface area contributed by atoms with E-state index in [0.717, 1.165) is 16.8 Å². The third-order valence-electron chi connectivity index (χ3n) is 2.20. The van der Waals surface area contributed by atoms with Crippen LogP contribution in [-0.4, -0.2) is 41.6 Å². The van der Waals surface area contributed by atoms with Crippen molar-refractivity contribution in [1.82, 2.24) is 5.01 Å². The first-order valence-corrected chi connectivity index (χ1v) is 5.51. The fraction of sp³-hybridized carbons (Fsp3) is 0.154. The summed E-state index contributed by atoms with van der Waals surface area (Å²) < 4.78 is 24.5. The van der Waals surface area contributed by atoms with Gasteiger partial charge in [-0.05, 0) is 5.56 Å². The van der Waals surface area contributed by atoms with Gasteiger partial charge in [0.05, 0.1) is 6.21 Å². The number of Topliss-reactive ketones (excluding diaryl/α,β-unsaturated/α-hetero) is 1. The number of carbonyl (C=O) groups excluding carboxylic acids is 1. The quantitative estimate of drug-likeness (QED) is 0.284. The van der Waals surface area contributed by atoms with Crippen molar-refractivity contribution in [3.8, 4) is 0 Å². The molecule has 0 saturated heterocycles. The third kappa shape index (κ3) is 4.60. The highest BCUT2D eigenvalue weighted by Crippen LogP contribution is 2.07. The predicted octanol–water partition coefficient (Wildman–Crippen LogP) is 1.75. The van der Waals surface area contributed by atoms with Crippen LogP contribution in [0, 0.1) is 0 Å². The van der Waals surface area contributed by atoms with E-state index in [1.165, 1.54) is 13.3 Å². The van der Waals surface area contributed by atoms with Crippen LogP contribution in [0.25, 0.3) is 0 Å². The second-order valence-corrected chi connectivity index (χ2v) is 3.74. The molecule has 5 nitrogen and oxygen atoms in total. The maximum absolute atomic E-state index is 12.2. The van der Waals surface area contributed by atoms with Crippen LogP contribution in [0.4, 0.5) is 8.78 Å². The first kappa shape index (κ1) is 15.5. The molecule has 7 heteroatoms. The van der Waals surface area contributed by atoms with Crippen LogP contribution in [0.3, 0.4) is 0 Å². The predicted molar refractivity (Wildman–Crippen MR) is 68.5 cm³/mol. The van der Waals surface area contributed by atoms with Crippen molar-refractivity contribution in [2.75, 3.05) is 7.05 Å². The Balaban J connectivity index is 2.87. The maximum atomic E-state index is 12.2. The molecule has 0 fully saturated rings. The zero-order chi connectivity index (χ0) is 15.1. The summed E-state index contributed by atoms with van der Waals surface area (Å²) >= 11 is 0. The molecule has 0 unspecified atom stereocenters. The number of rotatable bonds is 6. The monoisotopic (exact) mass is 282 g/mol. The van der Waals surface area contributed by atoms with E-state index in [-0.39, 0.29) is 0 Å². The number of hydrogen-bond acceptors (Lipinski definition) is 4. The van der Waals surface area contributed by atoms with E-state index >= 15 is 0 Å². The van der Waals surface area contributed by atoms with Crippen molar-refractivity contribution in [3.63, 3.8) is 0 Å². The molecule has 0 aliphatic rings. The molecule has 1 rings (SSSR count). The highest BCUT2D eigenvalue weighted by Gasteiger charge is 2.26. The van der Waals surface area contributed by atoms with Crippen molar-refractivity contribution in [2.45, 2.75) is 6.43 Å². The molecule has 0 radical (unpaired) electrons. The number of carbonyl (C=O) groups is 2. The number of ketones is 1. The van der Waals surface area contributed by atoms with Gasteiger partial charge < -0.3 is 5.11 Å². The van der Waals surface area contributed by atoms with E-state index in [0.29, 0.717) is 0 Å². The topological polar surface area (TPSA) is 70.0 Å². The summed E-state index contributed by atoms with van der Waals surface area (Å²) in [5.41, 5.74) is -0.280. The van der Waals surface area contributed by atoms with E-state index in [9.17, 15) is 18.4 Å². The molecule has 0 saturated carbocycles. The Hall–Kier alpha value is -2.57. The molecule has 106 valence electrons. The summed E-state index contributed by atoms with van der Waals surface area (Å²) in [6.45, 7) is 0. The average Bonchev–Trinajstić information content (AvgIpc) is 2.42. The summed E-state index contributed by atoms with van der Waals surface area (Å²) in [4.78, 5) is 21.8. The molecular formula is C13H12F2N2O3. The SMILES string of the molecule is CN(C=C(C(=O)O)C(=O)C(F)F)N=Cc1ccccc1. The molecule has 0 spiro atoms. The molecule has 20 heavy (non-hydrogen) atoms. The Kier molecular flexibility index (Phi) is 5.52. The van der Waals surface area contributed by atoms with Crippen LogP contribution in [0.1, 0.15) is 5.56 Å². The van der Waals surface area contributed by atoms with Crippen molar-refractivity contribution >= 4 is 18.0 Å². The summed E-state index contributed by atoms with van der Waals surface area (Å²) in [5, 5.41) is 13.5. The lowest BCUT2D eigenvalue weighted by Crippen LogP contribution is -2.21. The Labute approximate surface area is 113 Å². The standard InChI is InChI=1S/C13H12F2N2O3/c1-17(16-7-9-5-3-2-4-6-9)8-10(13(19)20)11(18)12(14)15/h2-8,12H,1H3,(H,19,20). The minimum Gasteiger partial charge on any atom is -0.478 e.